The zero-order chi connectivity index (χ0) is 23.5. The van der Waals surface area contributed by atoms with E-state index in [2.05, 4.69) is 39.5 Å². The first-order valence-corrected chi connectivity index (χ1v) is 11.3. The second-order valence-electron chi connectivity index (χ2n) is 7.78. The van der Waals surface area contributed by atoms with Gasteiger partial charge in [-0.2, -0.15) is 0 Å². The summed E-state index contributed by atoms with van der Waals surface area (Å²) in [6.07, 6.45) is 0. The molecule has 3 heterocycles. The number of rotatable bonds is 7. The number of carbonyl (C=O) groups is 2. The number of thiazole rings is 1. The average molecular weight is 465 g/mol. The third kappa shape index (κ3) is 5.01. The Morgan fingerprint density at radius 1 is 1.15 bits per heavy atom. The van der Waals surface area contributed by atoms with E-state index in [1.54, 1.807) is 22.2 Å². The van der Waals surface area contributed by atoms with Crippen LogP contribution in [-0.2, 0) is 11.3 Å². The van der Waals surface area contributed by atoms with Crippen LogP contribution in [0.5, 0.6) is 0 Å². The molecule has 0 saturated carbocycles. The molecule has 170 valence electrons. The van der Waals surface area contributed by atoms with Crippen molar-refractivity contribution < 1.29 is 14.0 Å². The van der Waals surface area contributed by atoms with Crippen molar-refractivity contribution in [2.24, 2.45) is 0 Å². The van der Waals surface area contributed by atoms with Gasteiger partial charge in [0.2, 0.25) is 11.7 Å². The van der Waals surface area contributed by atoms with Crippen LogP contribution in [0, 0.1) is 6.92 Å². The van der Waals surface area contributed by atoms with Crippen molar-refractivity contribution in [2.45, 2.75) is 40.2 Å². The standard InChI is InChI=1S/C23H24N6O3S/c1-13(2)17-7-5-6-8-19(17)29-14(3)25-21(28-29)22(31)27-23-26-18(12-33-23)20-10-9-16(32-20)11-24-15(4)30/h5-10,12-13H,11H2,1-4H3,(H,24,30)(H,26,27,31). The maximum absolute atomic E-state index is 12.8. The van der Waals surface area contributed by atoms with Crippen LogP contribution in [0.1, 0.15) is 54.5 Å². The van der Waals surface area contributed by atoms with Crippen LogP contribution in [0.15, 0.2) is 46.2 Å². The van der Waals surface area contributed by atoms with Gasteiger partial charge >= 0.3 is 0 Å². The molecule has 3 aromatic heterocycles. The maximum Gasteiger partial charge on any atom is 0.297 e. The zero-order valence-electron chi connectivity index (χ0n) is 18.7. The van der Waals surface area contributed by atoms with E-state index in [-0.39, 0.29) is 11.7 Å². The Hall–Kier alpha value is -3.79. The molecule has 0 radical (unpaired) electrons. The van der Waals surface area contributed by atoms with Crippen LogP contribution in [0.4, 0.5) is 5.13 Å². The van der Waals surface area contributed by atoms with E-state index < -0.39 is 5.91 Å². The topological polar surface area (TPSA) is 115 Å². The molecule has 0 atom stereocenters. The normalized spacial score (nSPS) is 11.1. The number of nitrogens with zero attached hydrogens (tertiary/aromatic N) is 4. The van der Waals surface area contributed by atoms with E-state index in [1.165, 1.54) is 18.3 Å². The minimum atomic E-state index is -0.439. The van der Waals surface area contributed by atoms with E-state index in [9.17, 15) is 9.59 Å². The van der Waals surface area contributed by atoms with Gasteiger partial charge in [0.25, 0.3) is 5.91 Å². The summed E-state index contributed by atoms with van der Waals surface area (Å²) in [4.78, 5) is 32.6. The van der Waals surface area contributed by atoms with Gasteiger partial charge in [-0.15, -0.1) is 16.4 Å². The number of benzene rings is 1. The van der Waals surface area contributed by atoms with E-state index in [4.69, 9.17) is 4.42 Å². The fourth-order valence-electron chi connectivity index (χ4n) is 3.30. The molecular formula is C23H24N6O3S. The zero-order valence-corrected chi connectivity index (χ0v) is 19.6. The number of para-hydroxylation sites is 1. The fourth-order valence-corrected chi connectivity index (χ4v) is 4.00. The van der Waals surface area contributed by atoms with Crippen LogP contribution in [0.3, 0.4) is 0 Å². The summed E-state index contributed by atoms with van der Waals surface area (Å²) >= 11 is 1.27. The second kappa shape index (κ2) is 9.37. The molecule has 0 fully saturated rings. The lowest BCUT2D eigenvalue weighted by molar-refractivity contribution is -0.119. The van der Waals surface area contributed by atoms with Crippen LogP contribution in [-0.4, -0.2) is 31.6 Å². The van der Waals surface area contributed by atoms with Crippen molar-refractivity contribution in [3.8, 4) is 17.1 Å². The maximum atomic E-state index is 12.8. The lowest BCUT2D eigenvalue weighted by atomic mass is 10.0. The van der Waals surface area contributed by atoms with Crippen molar-refractivity contribution in [2.75, 3.05) is 5.32 Å². The highest BCUT2D eigenvalue weighted by molar-refractivity contribution is 7.14. The third-order valence-electron chi connectivity index (χ3n) is 4.91. The number of hydrogen-bond acceptors (Lipinski definition) is 7. The van der Waals surface area contributed by atoms with Crippen LogP contribution in [0.2, 0.25) is 0 Å². The van der Waals surface area contributed by atoms with Gasteiger partial charge in [-0.3, -0.25) is 14.9 Å². The molecule has 0 spiro atoms. The van der Waals surface area contributed by atoms with Gasteiger partial charge < -0.3 is 9.73 Å². The van der Waals surface area contributed by atoms with Crippen molar-refractivity contribution in [1.82, 2.24) is 25.1 Å². The minimum Gasteiger partial charge on any atom is -0.458 e. The van der Waals surface area contributed by atoms with Gasteiger partial charge in [-0.25, -0.2) is 14.6 Å². The van der Waals surface area contributed by atoms with E-state index >= 15 is 0 Å². The Bertz CT molecular complexity index is 1300. The van der Waals surface area contributed by atoms with E-state index in [1.807, 2.05) is 31.2 Å². The van der Waals surface area contributed by atoms with Gasteiger partial charge in [0.05, 0.1) is 12.2 Å². The lowest BCUT2D eigenvalue weighted by Gasteiger charge is -2.12. The predicted molar refractivity (Wildman–Crippen MR) is 125 cm³/mol. The van der Waals surface area contributed by atoms with Crippen LogP contribution >= 0.6 is 11.3 Å². The average Bonchev–Trinajstić information content (AvgIpc) is 3.52. The molecule has 4 aromatic rings. The molecular weight excluding hydrogens is 440 g/mol. The quantitative estimate of drug-likeness (QED) is 0.421. The smallest absolute Gasteiger partial charge is 0.297 e. The van der Waals surface area contributed by atoms with Crippen LogP contribution < -0.4 is 10.6 Å². The Morgan fingerprint density at radius 3 is 2.70 bits per heavy atom. The summed E-state index contributed by atoms with van der Waals surface area (Å²) in [6, 6.07) is 11.5. The van der Waals surface area contributed by atoms with Crippen molar-refractivity contribution in [3.05, 3.63) is 64.8 Å². The lowest BCUT2D eigenvalue weighted by Crippen LogP contribution is -2.18. The molecule has 4 rings (SSSR count). The minimum absolute atomic E-state index is 0.0680. The molecule has 10 heteroatoms. The Labute approximate surface area is 194 Å². The molecule has 0 aliphatic heterocycles. The highest BCUT2D eigenvalue weighted by Gasteiger charge is 2.19. The number of amides is 2. The Morgan fingerprint density at radius 2 is 1.94 bits per heavy atom. The summed E-state index contributed by atoms with van der Waals surface area (Å²) < 4.78 is 7.40. The molecule has 0 unspecified atom stereocenters. The number of furan rings is 1. The van der Waals surface area contributed by atoms with E-state index in [0.29, 0.717) is 40.6 Å². The predicted octanol–water partition coefficient (Wildman–Crippen LogP) is 4.30. The summed E-state index contributed by atoms with van der Waals surface area (Å²) in [6.45, 7) is 7.79. The largest absolute Gasteiger partial charge is 0.458 e. The number of carbonyl (C=O) groups excluding carboxylic acids is 2. The summed E-state index contributed by atoms with van der Waals surface area (Å²) in [5, 5.41) is 12.1. The molecule has 33 heavy (non-hydrogen) atoms. The van der Waals surface area contributed by atoms with Gasteiger partial charge in [-0.1, -0.05) is 32.0 Å². The number of nitrogens with one attached hydrogen (secondary N) is 2. The monoisotopic (exact) mass is 464 g/mol. The highest BCUT2D eigenvalue weighted by Crippen LogP contribution is 2.27. The summed E-state index contributed by atoms with van der Waals surface area (Å²) in [5.41, 5.74) is 2.62. The van der Waals surface area contributed by atoms with Crippen LogP contribution in [0.25, 0.3) is 17.1 Å². The van der Waals surface area contributed by atoms with Gasteiger partial charge in [0.15, 0.2) is 10.9 Å². The first-order valence-electron chi connectivity index (χ1n) is 10.4. The first kappa shape index (κ1) is 22.4. The highest BCUT2D eigenvalue weighted by atomic mass is 32.1. The van der Waals surface area contributed by atoms with Crippen molar-refractivity contribution in [1.29, 1.82) is 0 Å². The number of aromatic nitrogens is 4. The third-order valence-corrected chi connectivity index (χ3v) is 5.67. The summed E-state index contributed by atoms with van der Waals surface area (Å²) in [7, 11) is 0. The first-order chi connectivity index (χ1) is 15.8. The Balaban J connectivity index is 1.49. The fraction of sp³-hybridized carbons (Fsp3) is 0.261. The van der Waals surface area contributed by atoms with Crippen molar-refractivity contribution in [3.63, 3.8) is 0 Å². The van der Waals surface area contributed by atoms with Gasteiger partial charge in [0, 0.05) is 12.3 Å². The number of hydrogen-bond donors (Lipinski definition) is 2. The Kier molecular flexibility index (Phi) is 6.36. The molecule has 0 aliphatic rings. The molecule has 0 saturated heterocycles. The van der Waals surface area contributed by atoms with Gasteiger partial charge in [-0.05, 0) is 36.6 Å². The molecule has 2 N–H and O–H groups in total. The molecule has 2 amide bonds. The molecule has 0 aliphatic carbocycles. The van der Waals surface area contributed by atoms with Gasteiger partial charge in [0.1, 0.15) is 17.3 Å². The summed E-state index contributed by atoms with van der Waals surface area (Å²) in [5.74, 6) is 1.59. The SMILES string of the molecule is CC(=O)NCc1ccc(-c2csc(NC(=O)c3nc(C)n(-c4ccccc4C(C)C)n3)n2)o1. The molecule has 1 aromatic carbocycles. The number of anilines is 1. The van der Waals surface area contributed by atoms with Crippen molar-refractivity contribution >= 4 is 28.3 Å². The second-order valence-corrected chi connectivity index (χ2v) is 8.63. The number of aryl methyl sites for hydroxylation is 1. The molecule has 0 bridgehead atoms. The molecule has 9 nitrogen and oxygen atoms in total. The van der Waals surface area contributed by atoms with E-state index in [0.717, 1.165) is 11.3 Å².